The molecule has 120 valence electrons. The van der Waals surface area contributed by atoms with E-state index in [-0.39, 0.29) is 24.0 Å². The van der Waals surface area contributed by atoms with E-state index in [1.807, 2.05) is 0 Å². The van der Waals surface area contributed by atoms with Gasteiger partial charge in [0, 0.05) is 18.2 Å². The van der Waals surface area contributed by atoms with Crippen LogP contribution in [0.3, 0.4) is 0 Å². The number of nitrogens with zero attached hydrogens (tertiary/aromatic N) is 2. The number of nitrogens with one attached hydrogen (secondary N) is 1. The minimum Gasteiger partial charge on any atom is -0.363 e. The molecule has 0 saturated heterocycles. The summed E-state index contributed by atoms with van der Waals surface area (Å²) in [5.41, 5.74) is -0.257. The van der Waals surface area contributed by atoms with E-state index in [1.54, 1.807) is 0 Å². The number of benzene rings is 1. The Balaban J connectivity index is 1.73. The van der Waals surface area contributed by atoms with Crippen LogP contribution in [-0.4, -0.2) is 34.5 Å². The molecule has 0 spiro atoms. The van der Waals surface area contributed by atoms with Crippen LogP contribution in [0.1, 0.15) is 23.2 Å². The Kier molecular flexibility index (Phi) is 4.05. The van der Waals surface area contributed by atoms with Crippen molar-refractivity contribution in [2.75, 3.05) is 11.9 Å². The Morgan fingerprint density at radius 2 is 2.09 bits per heavy atom. The van der Waals surface area contributed by atoms with Crippen molar-refractivity contribution in [3.63, 3.8) is 0 Å². The second-order valence-electron chi connectivity index (χ2n) is 5.22. The summed E-state index contributed by atoms with van der Waals surface area (Å²) < 4.78 is 31.3. The number of aromatic nitrogens is 1. The number of anilines is 1. The third kappa shape index (κ3) is 3.53. The number of hydrogen-bond donors (Lipinski definition) is 1. The van der Waals surface area contributed by atoms with E-state index in [1.165, 1.54) is 17.2 Å². The predicted octanol–water partition coefficient (Wildman–Crippen LogP) is 2.20. The Hall–Kier alpha value is -2.77. The van der Waals surface area contributed by atoms with E-state index < -0.39 is 23.4 Å². The molecule has 1 aliphatic carbocycles. The highest BCUT2D eigenvalue weighted by atomic mass is 19.1. The van der Waals surface area contributed by atoms with Crippen LogP contribution in [0.25, 0.3) is 0 Å². The molecule has 1 aliphatic rings. The zero-order chi connectivity index (χ0) is 16.4. The second-order valence-corrected chi connectivity index (χ2v) is 5.22. The predicted molar refractivity (Wildman–Crippen MR) is 75.5 cm³/mol. The lowest BCUT2D eigenvalue weighted by atomic mass is 10.1. The lowest BCUT2D eigenvalue weighted by molar-refractivity contribution is -0.117. The number of amides is 2. The smallest absolute Gasteiger partial charge is 0.257 e. The molecule has 3 rings (SSSR count). The molecule has 1 aromatic carbocycles. The first-order valence-corrected chi connectivity index (χ1v) is 7.01. The second kappa shape index (κ2) is 6.15. The fourth-order valence-corrected chi connectivity index (χ4v) is 2.18. The summed E-state index contributed by atoms with van der Waals surface area (Å²) in [6, 6.07) is 4.08. The standard InChI is InChI=1S/C15H13F2N3O3/c16-9-1-4-11(12(17)7-9)15(22)20(10-2-3-10)8-14(21)18-13-5-6-23-19-13/h1,4-7,10H,2-3,8H2,(H,18,19,21). The number of halogens is 2. The molecule has 2 aromatic rings. The van der Waals surface area contributed by atoms with Gasteiger partial charge in [-0.05, 0) is 25.0 Å². The first-order chi connectivity index (χ1) is 11.0. The maximum absolute atomic E-state index is 13.8. The van der Waals surface area contributed by atoms with Crippen molar-refractivity contribution in [1.29, 1.82) is 0 Å². The van der Waals surface area contributed by atoms with Crippen LogP contribution in [0.15, 0.2) is 35.1 Å². The quantitative estimate of drug-likeness (QED) is 0.916. The topological polar surface area (TPSA) is 75.4 Å². The molecule has 0 unspecified atom stereocenters. The summed E-state index contributed by atoms with van der Waals surface area (Å²) in [4.78, 5) is 25.7. The van der Waals surface area contributed by atoms with Gasteiger partial charge in [0.25, 0.3) is 5.91 Å². The molecular weight excluding hydrogens is 308 g/mol. The molecule has 23 heavy (non-hydrogen) atoms. The average molecular weight is 321 g/mol. The van der Waals surface area contributed by atoms with Gasteiger partial charge in [-0.3, -0.25) is 9.59 Å². The molecule has 1 fully saturated rings. The Morgan fingerprint density at radius 3 is 2.70 bits per heavy atom. The molecule has 2 amide bonds. The minimum atomic E-state index is -0.947. The molecule has 8 heteroatoms. The van der Waals surface area contributed by atoms with Crippen molar-refractivity contribution in [3.05, 3.63) is 47.7 Å². The van der Waals surface area contributed by atoms with Crippen LogP contribution in [-0.2, 0) is 4.79 Å². The Labute approximate surface area is 130 Å². The molecule has 0 radical (unpaired) electrons. The first-order valence-electron chi connectivity index (χ1n) is 7.01. The average Bonchev–Trinajstić information content (AvgIpc) is 3.22. The van der Waals surface area contributed by atoms with Crippen molar-refractivity contribution in [2.45, 2.75) is 18.9 Å². The largest absolute Gasteiger partial charge is 0.363 e. The van der Waals surface area contributed by atoms with Gasteiger partial charge in [0.1, 0.15) is 24.4 Å². The zero-order valence-corrected chi connectivity index (χ0v) is 12.0. The number of carbonyl (C=O) groups is 2. The highest BCUT2D eigenvalue weighted by Crippen LogP contribution is 2.28. The van der Waals surface area contributed by atoms with Crippen molar-refractivity contribution in [1.82, 2.24) is 10.1 Å². The molecule has 0 atom stereocenters. The lowest BCUT2D eigenvalue weighted by Gasteiger charge is -2.22. The molecule has 1 saturated carbocycles. The van der Waals surface area contributed by atoms with Crippen molar-refractivity contribution in [2.24, 2.45) is 0 Å². The van der Waals surface area contributed by atoms with Crippen LogP contribution < -0.4 is 5.32 Å². The third-order valence-electron chi connectivity index (χ3n) is 3.43. The van der Waals surface area contributed by atoms with Gasteiger partial charge < -0.3 is 14.7 Å². The van der Waals surface area contributed by atoms with E-state index in [2.05, 4.69) is 15.0 Å². The van der Waals surface area contributed by atoms with Gasteiger partial charge in [0.15, 0.2) is 5.82 Å². The van der Waals surface area contributed by atoms with Gasteiger partial charge in [-0.25, -0.2) is 8.78 Å². The molecule has 6 nitrogen and oxygen atoms in total. The lowest BCUT2D eigenvalue weighted by Crippen LogP contribution is -2.40. The summed E-state index contributed by atoms with van der Waals surface area (Å²) in [5.74, 6) is -2.59. The van der Waals surface area contributed by atoms with E-state index >= 15 is 0 Å². The maximum atomic E-state index is 13.8. The van der Waals surface area contributed by atoms with Gasteiger partial charge in [-0.1, -0.05) is 5.16 Å². The molecule has 1 N–H and O–H groups in total. The summed E-state index contributed by atoms with van der Waals surface area (Å²) in [7, 11) is 0. The summed E-state index contributed by atoms with van der Waals surface area (Å²) in [6.45, 7) is -0.243. The van der Waals surface area contributed by atoms with Crippen molar-refractivity contribution >= 4 is 17.6 Å². The van der Waals surface area contributed by atoms with Gasteiger partial charge in [-0.15, -0.1) is 0 Å². The van der Waals surface area contributed by atoms with E-state index in [0.717, 1.165) is 25.0 Å². The molecule has 1 heterocycles. The third-order valence-corrected chi connectivity index (χ3v) is 3.43. The van der Waals surface area contributed by atoms with Crippen LogP contribution in [0.5, 0.6) is 0 Å². The normalized spacial score (nSPS) is 13.7. The van der Waals surface area contributed by atoms with Crippen LogP contribution in [0, 0.1) is 11.6 Å². The molecule has 0 bridgehead atoms. The number of carbonyl (C=O) groups excluding carboxylic acids is 2. The molecule has 0 aliphatic heterocycles. The fraction of sp³-hybridized carbons (Fsp3) is 0.267. The van der Waals surface area contributed by atoms with Crippen LogP contribution >= 0.6 is 0 Å². The van der Waals surface area contributed by atoms with E-state index in [9.17, 15) is 18.4 Å². The fourth-order valence-electron chi connectivity index (χ4n) is 2.18. The van der Waals surface area contributed by atoms with Gasteiger partial charge in [0.05, 0.1) is 5.56 Å². The minimum absolute atomic E-state index is 0.116. The Bertz CT molecular complexity index is 730. The Morgan fingerprint density at radius 1 is 1.30 bits per heavy atom. The van der Waals surface area contributed by atoms with Gasteiger partial charge in [-0.2, -0.15) is 0 Å². The van der Waals surface area contributed by atoms with Crippen molar-refractivity contribution < 1.29 is 22.9 Å². The van der Waals surface area contributed by atoms with E-state index in [0.29, 0.717) is 6.07 Å². The number of hydrogen-bond acceptors (Lipinski definition) is 4. The van der Waals surface area contributed by atoms with Gasteiger partial charge in [0.2, 0.25) is 5.91 Å². The maximum Gasteiger partial charge on any atom is 0.257 e. The summed E-state index contributed by atoms with van der Waals surface area (Å²) >= 11 is 0. The van der Waals surface area contributed by atoms with Crippen LogP contribution in [0.4, 0.5) is 14.6 Å². The number of rotatable bonds is 5. The molecule has 1 aromatic heterocycles. The summed E-state index contributed by atoms with van der Waals surface area (Å²) in [5, 5.41) is 6.01. The van der Waals surface area contributed by atoms with Gasteiger partial charge >= 0.3 is 0 Å². The van der Waals surface area contributed by atoms with Crippen LogP contribution in [0.2, 0.25) is 0 Å². The zero-order valence-electron chi connectivity index (χ0n) is 12.0. The monoisotopic (exact) mass is 321 g/mol. The first kappa shape index (κ1) is 15.1. The summed E-state index contributed by atoms with van der Waals surface area (Å²) in [6.07, 6.45) is 2.78. The van der Waals surface area contributed by atoms with Crippen molar-refractivity contribution in [3.8, 4) is 0 Å². The SMILES string of the molecule is O=C(CN(C(=O)c1ccc(F)cc1F)C1CC1)Nc1ccon1. The highest BCUT2D eigenvalue weighted by molar-refractivity contribution is 5.99. The van der Waals surface area contributed by atoms with E-state index in [4.69, 9.17) is 0 Å². The highest BCUT2D eigenvalue weighted by Gasteiger charge is 2.35. The molecular formula is C15H13F2N3O3.